The van der Waals surface area contributed by atoms with E-state index in [9.17, 15) is 4.79 Å². The molecule has 0 amide bonds. The molecule has 0 atom stereocenters. The van der Waals surface area contributed by atoms with E-state index in [0.29, 0.717) is 5.82 Å². The Hall–Kier alpha value is -1.38. The molecule has 1 aromatic rings. The Morgan fingerprint density at radius 3 is 3.00 bits per heavy atom. The monoisotopic (exact) mass is 176 g/mol. The van der Waals surface area contributed by atoms with Crippen molar-refractivity contribution in [2.24, 2.45) is 0 Å². The molecule has 1 N–H and O–H groups in total. The topological polar surface area (TPSA) is 45.8 Å². The number of H-pyrrole nitrogens is 1. The quantitative estimate of drug-likeness (QED) is 0.701. The van der Waals surface area contributed by atoms with Gasteiger partial charge in [0.25, 0.3) is 0 Å². The van der Waals surface area contributed by atoms with Crippen molar-refractivity contribution >= 4 is 5.78 Å². The van der Waals surface area contributed by atoms with E-state index in [2.05, 4.69) is 9.97 Å². The molecule has 1 aromatic heterocycles. The van der Waals surface area contributed by atoms with Crippen molar-refractivity contribution in [1.82, 2.24) is 9.97 Å². The maximum atomic E-state index is 11.7. The number of nitrogens with zero attached hydrogens (tertiary/aromatic N) is 1. The number of hydrogen-bond donors (Lipinski definition) is 1. The highest BCUT2D eigenvalue weighted by Gasteiger charge is 2.15. The number of rotatable bonds is 2. The summed E-state index contributed by atoms with van der Waals surface area (Å²) in [5.41, 5.74) is 0.918. The average Bonchev–Trinajstić information content (AvgIpc) is 2.71. The number of hydrogen-bond acceptors (Lipinski definition) is 2. The van der Waals surface area contributed by atoms with Gasteiger partial charge in [-0.15, -0.1) is 0 Å². The van der Waals surface area contributed by atoms with Gasteiger partial charge in [-0.05, 0) is 31.3 Å². The minimum absolute atomic E-state index is 0.0599. The summed E-state index contributed by atoms with van der Waals surface area (Å²) in [5, 5.41) is 0. The zero-order valence-electron chi connectivity index (χ0n) is 7.42. The van der Waals surface area contributed by atoms with Crippen LogP contribution in [0.4, 0.5) is 0 Å². The fourth-order valence-corrected chi connectivity index (χ4v) is 1.59. The number of carbonyl (C=O) groups excluding carboxylic acids is 1. The van der Waals surface area contributed by atoms with Gasteiger partial charge in [-0.25, -0.2) is 4.98 Å². The van der Waals surface area contributed by atoms with Crippen molar-refractivity contribution < 1.29 is 4.79 Å². The van der Waals surface area contributed by atoms with Crippen molar-refractivity contribution in [2.75, 3.05) is 0 Å². The number of ketones is 1. The largest absolute Gasteiger partial charge is 0.342 e. The molecule has 0 unspecified atom stereocenters. The number of allylic oxidation sites excluding steroid dienone is 2. The standard InChI is InChI=1S/C10H12N2O/c13-9(10-11-6-7-12-10)8-4-2-1-3-5-8/h4,6-7H,1-3,5H2,(H,11,12). The molecule has 0 fully saturated rings. The number of aromatic amines is 1. The molecule has 13 heavy (non-hydrogen) atoms. The maximum Gasteiger partial charge on any atom is 0.223 e. The molecule has 1 aliphatic carbocycles. The third-order valence-corrected chi connectivity index (χ3v) is 2.30. The van der Waals surface area contributed by atoms with Gasteiger partial charge < -0.3 is 4.98 Å². The molecule has 0 aliphatic heterocycles. The number of Topliss-reactive ketones (excluding diaryl/α,β-unsaturated/α-hetero) is 1. The Labute approximate surface area is 76.9 Å². The van der Waals surface area contributed by atoms with Crippen LogP contribution < -0.4 is 0 Å². The highest BCUT2D eigenvalue weighted by molar-refractivity contribution is 6.06. The van der Waals surface area contributed by atoms with Crippen molar-refractivity contribution in [3.05, 3.63) is 29.9 Å². The fourth-order valence-electron chi connectivity index (χ4n) is 1.59. The second kappa shape index (κ2) is 3.56. The first-order chi connectivity index (χ1) is 6.38. The molecule has 3 nitrogen and oxygen atoms in total. The van der Waals surface area contributed by atoms with Gasteiger partial charge in [0.2, 0.25) is 5.78 Å². The zero-order chi connectivity index (χ0) is 9.10. The zero-order valence-corrected chi connectivity index (χ0v) is 7.42. The molecular weight excluding hydrogens is 164 g/mol. The third-order valence-electron chi connectivity index (χ3n) is 2.30. The maximum absolute atomic E-state index is 11.7. The Morgan fingerprint density at radius 2 is 2.38 bits per heavy atom. The summed E-state index contributed by atoms with van der Waals surface area (Å²) in [4.78, 5) is 18.5. The lowest BCUT2D eigenvalue weighted by Gasteiger charge is -2.09. The molecule has 1 heterocycles. The van der Waals surface area contributed by atoms with Gasteiger partial charge in [0.05, 0.1) is 0 Å². The highest BCUT2D eigenvalue weighted by atomic mass is 16.1. The lowest BCUT2D eigenvalue weighted by molar-refractivity contribution is 0.102. The van der Waals surface area contributed by atoms with Crippen LogP contribution in [0, 0.1) is 0 Å². The summed E-state index contributed by atoms with van der Waals surface area (Å²) in [6.45, 7) is 0. The first kappa shape index (κ1) is 8.23. The van der Waals surface area contributed by atoms with Gasteiger partial charge in [-0.3, -0.25) is 4.79 Å². The van der Waals surface area contributed by atoms with Crippen LogP contribution in [0.25, 0.3) is 0 Å². The van der Waals surface area contributed by atoms with Crippen LogP contribution in [0.3, 0.4) is 0 Å². The van der Waals surface area contributed by atoms with Crippen molar-refractivity contribution in [3.63, 3.8) is 0 Å². The molecule has 0 radical (unpaired) electrons. The van der Waals surface area contributed by atoms with Crippen LogP contribution in [0.5, 0.6) is 0 Å². The summed E-state index contributed by atoms with van der Waals surface area (Å²) in [5.74, 6) is 0.526. The number of imidazole rings is 1. The number of carbonyl (C=O) groups is 1. The van der Waals surface area contributed by atoms with Gasteiger partial charge in [-0.1, -0.05) is 6.08 Å². The highest BCUT2D eigenvalue weighted by Crippen LogP contribution is 2.19. The fraction of sp³-hybridized carbons (Fsp3) is 0.400. The van der Waals surface area contributed by atoms with E-state index in [1.165, 1.54) is 6.42 Å². The second-order valence-electron chi connectivity index (χ2n) is 3.24. The second-order valence-corrected chi connectivity index (χ2v) is 3.24. The van der Waals surface area contributed by atoms with E-state index in [1.807, 2.05) is 6.08 Å². The minimum atomic E-state index is 0.0599. The van der Waals surface area contributed by atoms with E-state index >= 15 is 0 Å². The lowest BCUT2D eigenvalue weighted by Crippen LogP contribution is -2.07. The van der Waals surface area contributed by atoms with Crippen molar-refractivity contribution in [1.29, 1.82) is 0 Å². The Balaban J connectivity index is 2.17. The van der Waals surface area contributed by atoms with Gasteiger partial charge in [0, 0.05) is 12.4 Å². The summed E-state index contributed by atoms with van der Waals surface area (Å²) in [6, 6.07) is 0. The Bertz CT molecular complexity index is 325. The van der Waals surface area contributed by atoms with Crippen LogP contribution in [-0.4, -0.2) is 15.8 Å². The predicted molar refractivity (Wildman–Crippen MR) is 49.5 cm³/mol. The SMILES string of the molecule is O=C(C1=CCCCC1)c1ncc[nH]1. The smallest absolute Gasteiger partial charge is 0.223 e. The van der Waals surface area contributed by atoms with Gasteiger partial charge >= 0.3 is 0 Å². The predicted octanol–water partition coefficient (Wildman–Crippen LogP) is 2.09. The van der Waals surface area contributed by atoms with Crippen LogP contribution in [-0.2, 0) is 0 Å². The number of aromatic nitrogens is 2. The van der Waals surface area contributed by atoms with E-state index in [4.69, 9.17) is 0 Å². The van der Waals surface area contributed by atoms with Gasteiger partial charge in [-0.2, -0.15) is 0 Å². The summed E-state index contributed by atoms with van der Waals surface area (Å²) in [7, 11) is 0. The average molecular weight is 176 g/mol. The molecule has 0 aromatic carbocycles. The van der Waals surface area contributed by atoms with Gasteiger partial charge in [0.1, 0.15) is 0 Å². The molecule has 1 aliphatic rings. The van der Waals surface area contributed by atoms with Crippen LogP contribution in [0.15, 0.2) is 24.0 Å². The van der Waals surface area contributed by atoms with E-state index < -0.39 is 0 Å². The first-order valence-electron chi connectivity index (χ1n) is 4.61. The third kappa shape index (κ3) is 1.69. The Kier molecular flexibility index (Phi) is 2.25. The summed E-state index contributed by atoms with van der Waals surface area (Å²) >= 11 is 0. The molecule has 68 valence electrons. The van der Waals surface area contributed by atoms with Crippen molar-refractivity contribution in [3.8, 4) is 0 Å². The van der Waals surface area contributed by atoms with Crippen molar-refractivity contribution in [2.45, 2.75) is 25.7 Å². The van der Waals surface area contributed by atoms with E-state index in [-0.39, 0.29) is 5.78 Å². The van der Waals surface area contributed by atoms with E-state index in [1.54, 1.807) is 12.4 Å². The minimum Gasteiger partial charge on any atom is -0.342 e. The molecule has 0 spiro atoms. The summed E-state index contributed by atoms with van der Waals surface area (Å²) < 4.78 is 0. The molecular formula is C10H12N2O. The Morgan fingerprint density at radius 1 is 1.46 bits per heavy atom. The normalized spacial score (nSPS) is 16.8. The van der Waals surface area contributed by atoms with Gasteiger partial charge in [0.15, 0.2) is 5.82 Å². The molecule has 3 heteroatoms. The van der Waals surface area contributed by atoms with E-state index in [0.717, 1.165) is 24.8 Å². The van der Waals surface area contributed by atoms with Crippen LogP contribution in [0.2, 0.25) is 0 Å². The molecule has 2 rings (SSSR count). The molecule has 0 saturated carbocycles. The molecule has 0 saturated heterocycles. The number of nitrogens with one attached hydrogen (secondary N) is 1. The lowest BCUT2D eigenvalue weighted by atomic mass is 9.96. The van der Waals surface area contributed by atoms with Crippen LogP contribution >= 0.6 is 0 Å². The summed E-state index contributed by atoms with van der Waals surface area (Å²) in [6.07, 6.45) is 9.58. The first-order valence-corrected chi connectivity index (χ1v) is 4.61. The van der Waals surface area contributed by atoms with Crippen LogP contribution in [0.1, 0.15) is 36.3 Å². The molecule has 0 bridgehead atoms.